The number of thioether (sulfide) groups is 1. The van der Waals surface area contributed by atoms with Crippen molar-refractivity contribution in [1.29, 1.82) is 0 Å². The number of aromatic amines is 1. The molecule has 0 saturated heterocycles. The Labute approximate surface area is 264 Å². The predicted octanol–water partition coefficient (Wildman–Crippen LogP) is 7.31. The second kappa shape index (κ2) is 13.7. The number of H-pyrrole nitrogens is 1. The number of halogens is 1. The van der Waals surface area contributed by atoms with Crippen LogP contribution in [0.15, 0.2) is 125 Å². The molecule has 226 valence electrons. The Morgan fingerprint density at radius 1 is 0.911 bits per heavy atom. The number of rotatable bonds is 10. The SMILES string of the molecule is CCOC(=O)C1=C(c2ccccc2)Nc2nc(SCc3ccccc3F)[nH]c(=O)c2C1c1ccc(OCc2ccccc2)cc1. The highest BCUT2D eigenvalue weighted by Gasteiger charge is 2.38. The van der Waals surface area contributed by atoms with E-state index in [1.54, 1.807) is 25.1 Å². The highest BCUT2D eigenvalue weighted by molar-refractivity contribution is 7.98. The summed E-state index contributed by atoms with van der Waals surface area (Å²) in [5.74, 6) is -0.419. The van der Waals surface area contributed by atoms with Crippen molar-refractivity contribution >= 4 is 29.2 Å². The number of fused-ring (bicyclic) bond motifs is 1. The fraction of sp³-hybridized carbons (Fsp3) is 0.139. The van der Waals surface area contributed by atoms with Crippen molar-refractivity contribution in [2.75, 3.05) is 11.9 Å². The molecule has 0 amide bonds. The Balaban J connectivity index is 1.42. The maximum Gasteiger partial charge on any atom is 0.337 e. The van der Waals surface area contributed by atoms with Crippen LogP contribution in [0.1, 0.15) is 40.7 Å². The molecule has 4 aromatic carbocycles. The van der Waals surface area contributed by atoms with E-state index in [9.17, 15) is 14.0 Å². The van der Waals surface area contributed by atoms with Crippen molar-refractivity contribution in [3.8, 4) is 5.75 Å². The average Bonchev–Trinajstić information content (AvgIpc) is 3.07. The first-order valence-corrected chi connectivity index (χ1v) is 15.5. The largest absolute Gasteiger partial charge is 0.489 e. The third-order valence-corrected chi connectivity index (χ3v) is 8.29. The van der Waals surface area contributed by atoms with E-state index in [1.807, 2.05) is 84.9 Å². The number of hydrogen-bond acceptors (Lipinski definition) is 7. The lowest BCUT2D eigenvalue weighted by atomic mass is 9.81. The van der Waals surface area contributed by atoms with Gasteiger partial charge in [-0.3, -0.25) is 4.79 Å². The van der Waals surface area contributed by atoms with E-state index >= 15 is 0 Å². The van der Waals surface area contributed by atoms with Gasteiger partial charge < -0.3 is 19.8 Å². The minimum Gasteiger partial charge on any atom is -0.489 e. The first-order chi connectivity index (χ1) is 22.0. The quantitative estimate of drug-likeness (QED) is 0.0962. The van der Waals surface area contributed by atoms with Gasteiger partial charge in [-0.15, -0.1) is 0 Å². The molecule has 1 unspecified atom stereocenters. The molecule has 0 fully saturated rings. The smallest absolute Gasteiger partial charge is 0.337 e. The van der Waals surface area contributed by atoms with Crippen LogP contribution in [0, 0.1) is 5.82 Å². The van der Waals surface area contributed by atoms with Crippen LogP contribution in [0.25, 0.3) is 5.70 Å². The van der Waals surface area contributed by atoms with Crippen molar-refractivity contribution in [3.05, 3.63) is 159 Å². The molecule has 0 spiro atoms. The van der Waals surface area contributed by atoms with Gasteiger partial charge in [-0.25, -0.2) is 14.2 Å². The van der Waals surface area contributed by atoms with Gasteiger partial charge in [-0.05, 0) is 47.4 Å². The predicted molar refractivity (Wildman–Crippen MR) is 173 cm³/mol. The van der Waals surface area contributed by atoms with E-state index < -0.39 is 17.4 Å². The first kappa shape index (κ1) is 29.9. The Bertz CT molecular complexity index is 1890. The van der Waals surface area contributed by atoms with E-state index in [1.165, 1.54) is 17.8 Å². The summed E-state index contributed by atoms with van der Waals surface area (Å²) < 4.78 is 25.8. The summed E-state index contributed by atoms with van der Waals surface area (Å²) in [6.45, 7) is 2.31. The zero-order valence-corrected chi connectivity index (χ0v) is 25.3. The molecule has 1 atom stereocenters. The van der Waals surface area contributed by atoms with E-state index in [4.69, 9.17) is 14.5 Å². The second-order valence-corrected chi connectivity index (χ2v) is 11.3. The minimum atomic E-state index is -0.791. The molecule has 0 bridgehead atoms. The van der Waals surface area contributed by atoms with Crippen LogP contribution in [0.3, 0.4) is 0 Å². The summed E-state index contributed by atoms with van der Waals surface area (Å²) in [6, 6.07) is 33.1. The molecule has 0 radical (unpaired) electrons. The van der Waals surface area contributed by atoms with Gasteiger partial charge in [0.2, 0.25) is 0 Å². The number of anilines is 1. The summed E-state index contributed by atoms with van der Waals surface area (Å²) >= 11 is 1.22. The zero-order valence-electron chi connectivity index (χ0n) is 24.5. The van der Waals surface area contributed by atoms with Crippen LogP contribution in [0.5, 0.6) is 5.75 Å². The Hall–Kier alpha value is -5.15. The molecule has 0 saturated carbocycles. The molecule has 1 aliphatic heterocycles. The summed E-state index contributed by atoms with van der Waals surface area (Å²) in [5.41, 5.74) is 3.64. The standard InChI is InChI=1S/C36H30FN3O4S/c1-2-43-35(42)30-29(24-17-19-27(20-18-24)44-21-23-11-5-3-6-12-23)31-33(38-32(30)25-13-7-4-8-14-25)39-36(40-34(31)41)45-22-26-15-9-10-16-28(26)37/h3-20,29H,2,21-22H2,1H3,(H2,38,39,40,41). The molecule has 2 heterocycles. The zero-order chi connectivity index (χ0) is 31.2. The fourth-order valence-electron chi connectivity index (χ4n) is 5.22. The number of nitrogens with zero attached hydrogens (tertiary/aromatic N) is 1. The second-order valence-electron chi connectivity index (χ2n) is 10.3. The van der Waals surface area contributed by atoms with Crippen LogP contribution in [0.4, 0.5) is 10.2 Å². The van der Waals surface area contributed by atoms with Crippen LogP contribution >= 0.6 is 11.8 Å². The summed E-state index contributed by atoms with van der Waals surface area (Å²) in [4.78, 5) is 35.1. The summed E-state index contributed by atoms with van der Waals surface area (Å²) in [5, 5.41) is 3.60. The highest BCUT2D eigenvalue weighted by atomic mass is 32.2. The van der Waals surface area contributed by atoms with Gasteiger partial charge in [-0.2, -0.15) is 0 Å². The lowest BCUT2D eigenvalue weighted by Crippen LogP contribution is -2.31. The molecule has 9 heteroatoms. The van der Waals surface area contributed by atoms with E-state index in [0.717, 1.165) is 11.1 Å². The number of esters is 1. The van der Waals surface area contributed by atoms with Crippen LogP contribution < -0.4 is 15.6 Å². The molecule has 5 aromatic rings. The number of hydrogen-bond donors (Lipinski definition) is 2. The minimum absolute atomic E-state index is 0.163. The maximum absolute atomic E-state index is 14.3. The van der Waals surface area contributed by atoms with E-state index in [0.29, 0.717) is 45.7 Å². The van der Waals surface area contributed by atoms with Crippen molar-refractivity contribution in [3.63, 3.8) is 0 Å². The van der Waals surface area contributed by atoms with Crippen molar-refractivity contribution < 1.29 is 18.7 Å². The molecular formula is C36H30FN3O4S. The van der Waals surface area contributed by atoms with Gasteiger partial charge >= 0.3 is 5.97 Å². The summed E-state index contributed by atoms with van der Waals surface area (Å²) in [6.07, 6.45) is 0. The normalized spacial score (nSPS) is 14.0. The van der Waals surface area contributed by atoms with Crippen molar-refractivity contribution in [2.24, 2.45) is 0 Å². The molecule has 7 nitrogen and oxygen atoms in total. The Morgan fingerprint density at radius 2 is 1.60 bits per heavy atom. The maximum atomic E-state index is 14.3. The molecular weight excluding hydrogens is 589 g/mol. The third kappa shape index (κ3) is 6.68. The lowest BCUT2D eigenvalue weighted by molar-refractivity contribution is -0.138. The monoisotopic (exact) mass is 619 g/mol. The van der Waals surface area contributed by atoms with E-state index in [-0.39, 0.29) is 23.7 Å². The molecule has 1 aromatic heterocycles. The van der Waals surface area contributed by atoms with Gasteiger partial charge in [0, 0.05) is 5.75 Å². The van der Waals surface area contributed by atoms with Crippen LogP contribution in [0.2, 0.25) is 0 Å². The molecule has 2 N–H and O–H groups in total. The number of nitrogens with one attached hydrogen (secondary N) is 2. The lowest BCUT2D eigenvalue weighted by Gasteiger charge is -2.30. The van der Waals surface area contributed by atoms with Crippen molar-refractivity contribution in [2.45, 2.75) is 30.4 Å². The number of benzene rings is 4. The van der Waals surface area contributed by atoms with Crippen molar-refractivity contribution in [1.82, 2.24) is 9.97 Å². The Kier molecular flexibility index (Phi) is 9.07. The van der Waals surface area contributed by atoms with Gasteiger partial charge in [0.1, 0.15) is 24.0 Å². The topological polar surface area (TPSA) is 93.3 Å². The average molecular weight is 620 g/mol. The van der Waals surface area contributed by atoms with Crippen LogP contribution in [-0.2, 0) is 21.9 Å². The van der Waals surface area contributed by atoms with Gasteiger partial charge in [-0.1, -0.05) is 103 Å². The molecule has 6 rings (SSSR count). The molecule has 0 aliphatic carbocycles. The summed E-state index contributed by atoms with van der Waals surface area (Å²) in [7, 11) is 0. The third-order valence-electron chi connectivity index (χ3n) is 7.37. The highest BCUT2D eigenvalue weighted by Crippen LogP contribution is 2.43. The Morgan fingerprint density at radius 3 is 2.31 bits per heavy atom. The molecule has 45 heavy (non-hydrogen) atoms. The van der Waals surface area contributed by atoms with Gasteiger partial charge in [0.05, 0.1) is 29.4 Å². The number of carbonyl (C=O) groups is 1. The number of carbonyl (C=O) groups excluding carboxylic acids is 1. The van der Waals surface area contributed by atoms with E-state index in [2.05, 4.69) is 10.3 Å². The van der Waals surface area contributed by atoms with Crippen LogP contribution in [-0.4, -0.2) is 22.5 Å². The van der Waals surface area contributed by atoms with Gasteiger partial charge in [0.15, 0.2) is 5.16 Å². The van der Waals surface area contributed by atoms with Gasteiger partial charge in [0.25, 0.3) is 5.56 Å². The fourth-order valence-corrected chi connectivity index (χ4v) is 6.07. The first-order valence-electron chi connectivity index (χ1n) is 14.5. The number of aromatic nitrogens is 2. The molecule has 1 aliphatic rings. The number of ether oxygens (including phenoxy) is 2.